The molecule has 1 aromatic heterocycles. The Morgan fingerprint density at radius 1 is 1.53 bits per heavy atom. The van der Waals surface area contributed by atoms with Crippen LogP contribution in [0.15, 0.2) is 16.7 Å². The van der Waals surface area contributed by atoms with Gasteiger partial charge in [0.05, 0.1) is 0 Å². The molecule has 4 nitrogen and oxygen atoms in total. The number of piperidine rings is 1. The summed E-state index contributed by atoms with van der Waals surface area (Å²) in [5.41, 5.74) is 0.833. The predicted octanol–water partition coefficient (Wildman–Crippen LogP) is 1.90. The fourth-order valence-electron chi connectivity index (χ4n) is 2.10. The lowest BCUT2D eigenvalue weighted by Gasteiger charge is -2.34. The van der Waals surface area contributed by atoms with Crippen LogP contribution in [0.5, 0.6) is 0 Å². The highest BCUT2D eigenvalue weighted by atomic mass is 79.9. The van der Waals surface area contributed by atoms with E-state index in [1.165, 1.54) is 0 Å². The molecule has 0 aromatic carbocycles. The van der Waals surface area contributed by atoms with Gasteiger partial charge >= 0.3 is 0 Å². The van der Waals surface area contributed by atoms with E-state index in [2.05, 4.69) is 38.5 Å². The first kappa shape index (κ1) is 12.6. The number of carbonyl (C=O) groups is 1. The summed E-state index contributed by atoms with van der Waals surface area (Å²) in [5.74, 6) is -0.0320. The summed E-state index contributed by atoms with van der Waals surface area (Å²) in [7, 11) is 0. The molecule has 1 amide bonds. The van der Waals surface area contributed by atoms with Crippen LogP contribution < -0.4 is 10.6 Å². The fraction of sp³-hybridized carbons (Fsp3) is 0.583. The van der Waals surface area contributed by atoms with Gasteiger partial charge < -0.3 is 15.6 Å². The monoisotopic (exact) mass is 299 g/mol. The lowest BCUT2D eigenvalue weighted by Crippen LogP contribution is -2.42. The van der Waals surface area contributed by atoms with Gasteiger partial charge in [-0.25, -0.2) is 0 Å². The topological polar surface area (TPSA) is 56.9 Å². The smallest absolute Gasteiger partial charge is 0.267 e. The van der Waals surface area contributed by atoms with Gasteiger partial charge in [0, 0.05) is 17.2 Å². The number of amides is 1. The summed E-state index contributed by atoms with van der Waals surface area (Å²) in [6.45, 7) is 5.06. The molecular formula is C12H18BrN3O. The van der Waals surface area contributed by atoms with Gasteiger partial charge in [0.25, 0.3) is 5.91 Å². The predicted molar refractivity (Wildman–Crippen MR) is 71.0 cm³/mol. The highest BCUT2D eigenvalue weighted by molar-refractivity contribution is 9.10. The second kappa shape index (κ2) is 5.23. The van der Waals surface area contributed by atoms with Gasteiger partial charge in [0.2, 0.25) is 0 Å². The minimum absolute atomic E-state index is 0.0320. The van der Waals surface area contributed by atoms with Gasteiger partial charge in [-0.3, -0.25) is 4.79 Å². The molecule has 0 saturated carbocycles. The SMILES string of the molecule is CC1(CNC(=O)c2cc(Br)c[nH]2)CCNCC1. The van der Waals surface area contributed by atoms with E-state index in [-0.39, 0.29) is 11.3 Å². The van der Waals surface area contributed by atoms with Crippen molar-refractivity contribution in [1.82, 2.24) is 15.6 Å². The van der Waals surface area contributed by atoms with Gasteiger partial charge in [0.1, 0.15) is 5.69 Å². The molecule has 1 aliphatic heterocycles. The van der Waals surface area contributed by atoms with Crippen LogP contribution in [0, 0.1) is 5.41 Å². The molecule has 0 radical (unpaired) electrons. The molecule has 5 heteroatoms. The van der Waals surface area contributed by atoms with E-state index >= 15 is 0 Å². The third kappa shape index (κ3) is 3.33. The molecule has 0 aliphatic carbocycles. The summed E-state index contributed by atoms with van der Waals surface area (Å²) in [4.78, 5) is 14.8. The van der Waals surface area contributed by atoms with Crippen molar-refractivity contribution >= 4 is 21.8 Å². The van der Waals surface area contributed by atoms with Gasteiger partial charge in [-0.05, 0) is 53.3 Å². The average molecular weight is 300 g/mol. The van der Waals surface area contributed by atoms with E-state index in [1.54, 1.807) is 12.3 Å². The Balaban J connectivity index is 1.87. The van der Waals surface area contributed by atoms with E-state index < -0.39 is 0 Å². The van der Waals surface area contributed by atoms with Crippen molar-refractivity contribution in [2.75, 3.05) is 19.6 Å². The number of halogens is 1. The van der Waals surface area contributed by atoms with E-state index in [0.717, 1.165) is 36.9 Å². The first-order valence-electron chi connectivity index (χ1n) is 5.92. The van der Waals surface area contributed by atoms with Gasteiger partial charge in [0.15, 0.2) is 0 Å². The molecule has 2 heterocycles. The molecule has 94 valence electrons. The van der Waals surface area contributed by atoms with E-state index in [4.69, 9.17) is 0 Å². The minimum Gasteiger partial charge on any atom is -0.356 e. The largest absolute Gasteiger partial charge is 0.356 e. The zero-order chi connectivity index (χ0) is 12.3. The van der Waals surface area contributed by atoms with Crippen LogP contribution in [0.2, 0.25) is 0 Å². The molecule has 0 spiro atoms. The Morgan fingerprint density at radius 3 is 2.82 bits per heavy atom. The van der Waals surface area contributed by atoms with Crippen LogP contribution >= 0.6 is 15.9 Å². The normalized spacial score (nSPS) is 18.9. The van der Waals surface area contributed by atoms with Crippen molar-refractivity contribution in [3.8, 4) is 0 Å². The number of aromatic amines is 1. The summed E-state index contributed by atoms with van der Waals surface area (Å²) < 4.78 is 0.899. The van der Waals surface area contributed by atoms with Crippen LogP contribution in [0.25, 0.3) is 0 Å². The number of hydrogen-bond acceptors (Lipinski definition) is 2. The van der Waals surface area contributed by atoms with Crippen LogP contribution in [0.1, 0.15) is 30.3 Å². The third-order valence-corrected chi connectivity index (χ3v) is 3.84. The van der Waals surface area contributed by atoms with E-state index in [1.807, 2.05) is 0 Å². The van der Waals surface area contributed by atoms with Crippen LogP contribution in [0.3, 0.4) is 0 Å². The number of hydrogen-bond donors (Lipinski definition) is 3. The Kier molecular flexibility index (Phi) is 3.89. The minimum atomic E-state index is -0.0320. The second-order valence-electron chi connectivity index (χ2n) is 4.97. The first-order valence-corrected chi connectivity index (χ1v) is 6.71. The van der Waals surface area contributed by atoms with Gasteiger partial charge in [-0.1, -0.05) is 6.92 Å². The van der Waals surface area contributed by atoms with Crippen LogP contribution in [-0.2, 0) is 0 Å². The lowest BCUT2D eigenvalue weighted by molar-refractivity contribution is 0.0918. The Bertz CT molecular complexity index is 396. The maximum Gasteiger partial charge on any atom is 0.267 e. The zero-order valence-electron chi connectivity index (χ0n) is 9.98. The standard InChI is InChI=1S/C12H18BrN3O/c1-12(2-4-14-5-3-12)8-16-11(17)10-6-9(13)7-15-10/h6-7,14-15H,2-5,8H2,1H3,(H,16,17). The summed E-state index contributed by atoms with van der Waals surface area (Å²) in [6, 6.07) is 1.79. The molecule has 1 fully saturated rings. The molecule has 1 saturated heterocycles. The van der Waals surface area contributed by atoms with Crippen LogP contribution in [0.4, 0.5) is 0 Å². The molecule has 0 atom stereocenters. The summed E-state index contributed by atoms with van der Waals surface area (Å²) in [5, 5.41) is 6.34. The third-order valence-electron chi connectivity index (χ3n) is 3.38. The molecule has 3 N–H and O–H groups in total. The van der Waals surface area contributed by atoms with Crippen molar-refractivity contribution in [3.63, 3.8) is 0 Å². The molecule has 2 rings (SSSR count). The zero-order valence-corrected chi connectivity index (χ0v) is 11.6. The quantitative estimate of drug-likeness (QED) is 0.798. The highest BCUT2D eigenvalue weighted by Gasteiger charge is 2.27. The number of H-pyrrole nitrogens is 1. The number of carbonyl (C=O) groups excluding carboxylic acids is 1. The second-order valence-corrected chi connectivity index (χ2v) is 5.89. The first-order chi connectivity index (χ1) is 8.09. The molecule has 1 aromatic rings. The summed E-state index contributed by atoms with van der Waals surface area (Å²) in [6.07, 6.45) is 3.99. The Labute approximate surface area is 110 Å². The van der Waals surface area contributed by atoms with Crippen LogP contribution in [-0.4, -0.2) is 30.5 Å². The van der Waals surface area contributed by atoms with Crippen molar-refractivity contribution in [3.05, 3.63) is 22.4 Å². The molecular weight excluding hydrogens is 282 g/mol. The van der Waals surface area contributed by atoms with E-state index in [9.17, 15) is 4.79 Å². The maximum absolute atomic E-state index is 11.9. The summed E-state index contributed by atoms with van der Waals surface area (Å²) >= 11 is 3.32. The molecule has 0 unspecified atom stereocenters. The average Bonchev–Trinajstić information content (AvgIpc) is 2.74. The van der Waals surface area contributed by atoms with Gasteiger partial charge in [-0.2, -0.15) is 0 Å². The number of rotatable bonds is 3. The number of aromatic nitrogens is 1. The Morgan fingerprint density at radius 2 is 2.24 bits per heavy atom. The highest BCUT2D eigenvalue weighted by Crippen LogP contribution is 2.26. The maximum atomic E-state index is 11.9. The van der Waals surface area contributed by atoms with Crippen molar-refractivity contribution in [2.24, 2.45) is 5.41 Å². The lowest BCUT2D eigenvalue weighted by atomic mass is 9.81. The Hall–Kier alpha value is -0.810. The van der Waals surface area contributed by atoms with Crippen molar-refractivity contribution < 1.29 is 4.79 Å². The van der Waals surface area contributed by atoms with Crippen molar-refractivity contribution in [2.45, 2.75) is 19.8 Å². The molecule has 0 bridgehead atoms. The van der Waals surface area contributed by atoms with Crippen molar-refractivity contribution in [1.29, 1.82) is 0 Å². The molecule has 17 heavy (non-hydrogen) atoms. The molecule has 1 aliphatic rings. The van der Waals surface area contributed by atoms with Gasteiger partial charge in [-0.15, -0.1) is 0 Å². The van der Waals surface area contributed by atoms with E-state index in [0.29, 0.717) is 5.69 Å². The number of nitrogens with one attached hydrogen (secondary N) is 3. The fourth-order valence-corrected chi connectivity index (χ4v) is 2.44.